The summed E-state index contributed by atoms with van der Waals surface area (Å²) in [4.78, 5) is 37.3. The number of rotatable bonds is 25. The molecule has 0 radical (unpaired) electrons. The van der Waals surface area contributed by atoms with Crippen LogP contribution in [0.3, 0.4) is 0 Å². The van der Waals surface area contributed by atoms with Gasteiger partial charge in [0.15, 0.2) is 50.3 Å². The maximum Gasteiger partial charge on any atom is 0.217 e. The lowest BCUT2D eigenvalue weighted by Gasteiger charge is -2.51. The fourth-order valence-electron chi connectivity index (χ4n) is 12.6. The minimum Gasteiger partial charge on any atom is -0.394 e. The zero-order chi connectivity index (χ0) is 72.2. The quantitative estimate of drug-likeness (QED) is 0.0404. The van der Waals surface area contributed by atoms with Crippen molar-refractivity contribution in [2.45, 2.75) is 266 Å². The van der Waals surface area contributed by atoms with E-state index in [0.717, 1.165) is 20.8 Å². The molecule has 8 fully saturated rings. The molecule has 44 nitrogen and oxygen atoms in total. The monoisotopic (exact) mass is 1440 g/mol. The zero-order valence-electron chi connectivity index (χ0n) is 52.4. The van der Waals surface area contributed by atoms with Crippen molar-refractivity contribution in [3.8, 4) is 0 Å². The van der Waals surface area contributed by atoms with E-state index in [9.17, 15) is 132 Å². The van der Waals surface area contributed by atoms with E-state index in [1.165, 1.54) is 0 Å². The summed E-state index contributed by atoms with van der Waals surface area (Å²) in [6.45, 7) is -5.50. The fraction of sp³-hybridized carbons (Fsp3) is 0.944. The summed E-state index contributed by atoms with van der Waals surface area (Å²) in [5.74, 6) is -2.53. The molecule has 0 aliphatic carbocycles. The normalized spacial score (nSPS) is 49.5. The van der Waals surface area contributed by atoms with Gasteiger partial charge in [0.1, 0.15) is 195 Å². The number of nitrogens with one attached hydrogen (secondary N) is 3. The second-order valence-electron chi connectivity index (χ2n) is 24.6. The van der Waals surface area contributed by atoms with Gasteiger partial charge in [-0.1, -0.05) is 0 Å². The Bertz CT molecular complexity index is 2510. The molecule has 8 aliphatic rings. The van der Waals surface area contributed by atoms with Crippen LogP contribution in [0.1, 0.15) is 20.8 Å². The molecule has 8 rings (SSSR count). The Morgan fingerprint density at radius 1 is 0.265 bits per heavy atom. The highest BCUT2D eigenvalue weighted by atomic mass is 16.8. The largest absolute Gasteiger partial charge is 0.394 e. The third-order valence-corrected chi connectivity index (χ3v) is 17.8. The molecule has 0 spiro atoms. The molecule has 8 heterocycles. The van der Waals surface area contributed by atoms with Crippen molar-refractivity contribution in [1.82, 2.24) is 16.0 Å². The van der Waals surface area contributed by atoms with Crippen molar-refractivity contribution in [2.24, 2.45) is 0 Å². The van der Waals surface area contributed by atoms with Gasteiger partial charge in [0, 0.05) is 20.8 Å². The highest BCUT2D eigenvalue weighted by Gasteiger charge is 2.60. The number of amides is 3. The van der Waals surface area contributed by atoms with E-state index < -0.39 is 316 Å². The molecule has 8 saturated heterocycles. The van der Waals surface area contributed by atoms with Crippen molar-refractivity contribution >= 4 is 17.7 Å². The van der Waals surface area contributed by atoms with Crippen LogP contribution in [0.5, 0.6) is 0 Å². The maximum atomic E-state index is 12.9. The van der Waals surface area contributed by atoms with Crippen LogP contribution in [-0.2, 0) is 85.4 Å². The van der Waals surface area contributed by atoms with E-state index in [4.69, 9.17) is 71.1 Å². The Labute approximate surface area is 554 Å². The molecule has 44 heteroatoms. The van der Waals surface area contributed by atoms with E-state index in [0.29, 0.717) is 0 Å². The Balaban J connectivity index is 1.11. The summed E-state index contributed by atoms with van der Waals surface area (Å²) in [7, 11) is 0. The van der Waals surface area contributed by atoms with Gasteiger partial charge in [-0.15, -0.1) is 0 Å². The van der Waals surface area contributed by atoms with Crippen LogP contribution < -0.4 is 16.0 Å². The molecule has 0 aromatic rings. The first-order chi connectivity index (χ1) is 46.4. The number of hydrogen-bond donors (Lipinski definition) is 26. The summed E-state index contributed by atoms with van der Waals surface area (Å²) in [6.07, 6.45) is -75.9. The molecule has 0 bridgehead atoms. The van der Waals surface area contributed by atoms with Crippen molar-refractivity contribution in [3.63, 3.8) is 0 Å². The van der Waals surface area contributed by atoms with Gasteiger partial charge in [0.2, 0.25) is 17.7 Å². The molecule has 3 amide bonds. The first-order valence-corrected chi connectivity index (χ1v) is 31.1. The van der Waals surface area contributed by atoms with Gasteiger partial charge in [-0.2, -0.15) is 0 Å². The molecule has 0 aromatic heterocycles. The van der Waals surface area contributed by atoms with Crippen molar-refractivity contribution in [1.29, 1.82) is 0 Å². The summed E-state index contributed by atoms with van der Waals surface area (Å²) in [5.41, 5.74) is 0. The first-order valence-electron chi connectivity index (χ1n) is 31.1. The Hall–Kier alpha value is -3.11. The summed E-state index contributed by atoms with van der Waals surface area (Å²) >= 11 is 0. The zero-order valence-corrected chi connectivity index (χ0v) is 52.4. The Morgan fingerprint density at radius 2 is 0.561 bits per heavy atom. The smallest absolute Gasteiger partial charge is 0.217 e. The number of hydrogen-bond acceptors (Lipinski definition) is 41. The van der Waals surface area contributed by atoms with Crippen LogP contribution in [0.4, 0.5) is 0 Å². The molecule has 26 N–H and O–H groups in total. The third-order valence-electron chi connectivity index (χ3n) is 17.8. The fourth-order valence-corrected chi connectivity index (χ4v) is 12.6. The molecular formula is C54H91N3O41. The summed E-state index contributed by atoms with van der Waals surface area (Å²) < 4.78 is 87.5. The van der Waals surface area contributed by atoms with Crippen LogP contribution >= 0.6 is 0 Å². The van der Waals surface area contributed by atoms with Gasteiger partial charge in [-0.25, -0.2) is 0 Å². The molecule has 40 atom stereocenters. The number of aliphatic hydroxyl groups excluding tert-OH is 23. The predicted octanol–water partition coefficient (Wildman–Crippen LogP) is -18.0. The van der Waals surface area contributed by atoms with Crippen molar-refractivity contribution in [3.05, 3.63) is 0 Å². The lowest BCUT2D eigenvalue weighted by atomic mass is 9.94. The van der Waals surface area contributed by atoms with E-state index in [2.05, 4.69) is 16.0 Å². The first kappa shape index (κ1) is 80.6. The van der Waals surface area contributed by atoms with E-state index >= 15 is 0 Å². The van der Waals surface area contributed by atoms with Crippen LogP contribution in [-0.4, -0.2) is 433 Å². The molecule has 98 heavy (non-hydrogen) atoms. The van der Waals surface area contributed by atoms with Crippen LogP contribution in [0.25, 0.3) is 0 Å². The number of aliphatic hydroxyl groups is 23. The Morgan fingerprint density at radius 3 is 1.03 bits per heavy atom. The second-order valence-corrected chi connectivity index (χ2v) is 24.6. The van der Waals surface area contributed by atoms with Crippen LogP contribution in [0.2, 0.25) is 0 Å². The highest BCUT2D eigenvalue weighted by Crippen LogP contribution is 2.39. The SMILES string of the molecule is CC(=O)N[C@@H]1[C@@H](O)[C@H](O[C@@H]2O[C@H](CO)[C@@H](O[C@@H]3O[C@H](CO[C@H]4O[C@H](CO)[C@@H](O)[C@H](O[C@H]5O[C@H](CO)[C@@H](O)[C@H](O)[C@@H]5O[C@H]5O[C@H](CO)[C@@H](O)[C@H](O)[C@@H]5O)[C@@H]4O)[C@@H](O)[C@H](O[C@H]4O[C@H](CO)[C@@H](O)[C@H](O)[C@@H]4O[C@@H]4O[C@H](CO)[C@@H](O)[C@H](O)[C@H]4NC(C)=O)[C@@H]3O)[C@H](O)[C@H]2NC(C)=O)[C@@H](CO)O[C@H]1O. The Kier molecular flexibility index (Phi) is 28.9. The van der Waals surface area contributed by atoms with Gasteiger partial charge < -0.3 is 204 Å². The highest BCUT2D eigenvalue weighted by molar-refractivity contribution is 5.74. The molecular weight excluding hydrogens is 1350 g/mol. The third kappa shape index (κ3) is 17.5. The number of carbonyl (C=O) groups is 3. The van der Waals surface area contributed by atoms with Gasteiger partial charge in [0.25, 0.3) is 0 Å². The van der Waals surface area contributed by atoms with Crippen LogP contribution in [0, 0.1) is 0 Å². The molecule has 568 valence electrons. The van der Waals surface area contributed by atoms with Gasteiger partial charge in [-0.05, 0) is 0 Å². The molecule has 0 saturated carbocycles. The lowest BCUT2D eigenvalue weighted by Crippen LogP contribution is -2.70. The topological polar surface area (TPSA) is 691 Å². The summed E-state index contributed by atoms with van der Waals surface area (Å²) in [6, 6.07) is -5.24. The summed E-state index contributed by atoms with van der Waals surface area (Å²) in [5, 5.41) is 260. The lowest BCUT2D eigenvalue weighted by molar-refractivity contribution is -0.398. The van der Waals surface area contributed by atoms with Gasteiger partial charge in [-0.3, -0.25) is 14.4 Å². The average Bonchev–Trinajstić information content (AvgIpc) is 0.772. The predicted molar refractivity (Wildman–Crippen MR) is 299 cm³/mol. The number of ether oxygens (including phenoxy) is 15. The van der Waals surface area contributed by atoms with E-state index in [-0.39, 0.29) is 0 Å². The molecule has 0 unspecified atom stereocenters. The molecule has 8 aliphatic heterocycles. The van der Waals surface area contributed by atoms with Crippen LogP contribution in [0.15, 0.2) is 0 Å². The standard InChI is InChI=1S/C54H91N3O41/c1-12(65)55-23-33(75)41(20(9-63)85-47(23)83)93-49-25(57-14(3)67)34(76)42(21(10-64)91-49)94-52-40(82)44(96-53-45(36(78)28(70)17(6-60)89-53)97-48-24(56-13(2)66)32(74)26(68)15(4-58)86-48)31(73)22(92-52)11-84-50-39(81)43(30(72)19(8-62)87-50)95-54-46(37(79)29(71)18(7-61)90-54)98-51-38(80)35(77)27(69)16(5-59)88-51/h15-54,58-64,68-83H,4-11H2,1-3H3,(H,55,65)(H,56,66)(H,57,67)/t15-,16-,17-,18-,19-,20-,21-,22-,23-,24-,25-,26-,27-,28-,29-,30-,31-,32-,33-,34-,35+,36+,37+,38+,39+,40+,41-,42-,43+,44+,45+,46+,47-,48+,49+,50+,51-,52+,53-,54-/m1/s1. The van der Waals surface area contributed by atoms with E-state index in [1.54, 1.807) is 0 Å². The molecule has 0 aromatic carbocycles. The van der Waals surface area contributed by atoms with Gasteiger partial charge in [0.05, 0.1) is 52.9 Å². The van der Waals surface area contributed by atoms with E-state index in [1.807, 2.05) is 0 Å². The second kappa shape index (κ2) is 35.1. The van der Waals surface area contributed by atoms with Crippen molar-refractivity contribution < 1.29 is 203 Å². The van der Waals surface area contributed by atoms with Gasteiger partial charge >= 0.3 is 0 Å². The average molecular weight is 1440 g/mol. The number of carbonyl (C=O) groups excluding carboxylic acids is 3. The van der Waals surface area contributed by atoms with Crippen molar-refractivity contribution in [2.75, 3.05) is 52.9 Å². The maximum absolute atomic E-state index is 12.9. The minimum absolute atomic E-state index is 0.766. The minimum atomic E-state index is -2.49.